The van der Waals surface area contributed by atoms with E-state index in [0.29, 0.717) is 25.1 Å². The largest absolute Gasteiger partial charge is 0.394 e. The lowest BCUT2D eigenvalue weighted by molar-refractivity contribution is 0.0733. The first-order valence-electron chi connectivity index (χ1n) is 6.23. The van der Waals surface area contributed by atoms with Gasteiger partial charge >= 0.3 is 0 Å². The van der Waals surface area contributed by atoms with E-state index in [0.717, 1.165) is 5.56 Å². The molecule has 2 unspecified atom stereocenters. The van der Waals surface area contributed by atoms with Gasteiger partial charge in [-0.05, 0) is 37.5 Å². The molecule has 1 heterocycles. The van der Waals surface area contributed by atoms with Crippen LogP contribution in [0.1, 0.15) is 24.5 Å². The molecule has 3 nitrogen and oxygen atoms in total. The molecule has 1 aromatic carbocycles. The van der Waals surface area contributed by atoms with E-state index in [1.165, 1.54) is 6.07 Å². The zero-order valence-corrected chi connectivity index (χ0v) is 10.9. The standard InChI is InChI=1S/C14H20FNO2/c1-10-5-11(3-4-13(10)15)7-16-8-12(18)6-14(16,2)9-17/h3-5,12,17-18H,6-9H2,1-2H3. The molecular weight excluding hydrogens is 233 g/mol. The zero-order valence-electron chi connectivity index (χ0n) is 10.9. The van der Waals surface area contributed by atoms with Crippen LogP contribution in [-0.2, 0) is 6.54 Å². The highest BCUT2D eigenvalue weighted by Gasteiger charge is 2.40. The van der Waals surface area contributed by atoms with Crippen LogP contribution in [0.25, 0.3) is 0 Å². The summed E-state index contributed by atoms with van der Waals surface area (Å²) in [6.45, 7) is 4.87. The number of aryl methyl sites for hydroxylation is 1. The second-order valence-electron chi connectivity index (χ2n) is 5.48. The van der Waals surface area contributed by atoms with E-state index >= 15 is 0 Å². The minimum Gasteiger partial charge on any atom is -0.394 e. The van der Waals surface area contributed by atoms with Crippen LogP contribution in [0.5, 0.6) is 0 Å². The number of rotatable bonds is 3. The van der Waals surface area contributed by atoms with Gasteiger partial charge in [0, 0.05) is 18.6 Å². The van der Waals surface area contributed by atoms with Gasteiger partial charge in [0.1, 0.15) is 5.82 Å². The molecule has 0 bridgehead atoms. The van der Waals surface area contributed by atoms with Crippen LogP contribution in [0.3, 0.4) is 0 Å². The summed E-state index contributed by atoms with van der Waals surface area (Å²) in [6, 6.07) is 5.04. The van der Waals surface area contributed by atoms with E-state index in [2.05, 4.69) is 4.90 Å². The number of benzene rings is 1. The van der Waals surface area contributed by atoms with Crippen molar-refractivity contribution in [3.05, 3.63) is 35.1 Å². The first kappa shape index (κ1) is 13.5. The maximum absolute atomic E-state index is 13.2. The number of nitrogens with zero attached hydrogens (tertiary/aromatic N) is 1. The van der Waals surface area contributed by atoms with Crippen LogP contribution in [0.2, 0.25) is 0 Å². The molecule has 0 saturated carbocycles. The second-order valence-corrected chi connectivity index (χ2v) is 5.48. The Hall–Kier alpha value is -0.970. The third-order valence-corrected chi connectivity index (χ3v) is 3.81. The predicted octanol–water partition coefficient (Wildman–Crippen LogP) is 1.45. The van der Waals surface area contributed by atoms with Gasteiger partial charge < -0.3 is 10.2 Å². The zero-order chi connectivity index (χ0) is 13.3. The molecule has 2 N–H and O–H groups in total. The fourth-order valence-electron chi connectivity index (χ4n) is 2.62. The van der Waals surface area contributed by atoms with E-state index in [1.54, 1.807) is 13.0 Å². The molecular formula is C14H20FNO2. The van der Waals surface area contributed by atoms with Gasteiger partial charge in [-0.2, -0.15) is 0 Å². The van der Waals surface area contributed by atoms with Gasteiger partial charge in [-0.1, -0.05) is 12.1 Å². The SMILES string of the molecule is Cc1cc(CN2CC(O)CC2(C)CO)ccc1F. The average Bonchev–Trinajstić information content (AvgIpc) is 2.60. The Morgan fingerprint density at radius 2 is 2.22 bits per heavy atom. The summed E-state index contributed by atoms with van der Waals surface area (Å²) in [4.78, 5) is 2.06. The van der Waals surface area contributed by atoms with Crippen molar-refractivity contribution in [3.8, 4) is 0 Å². The quantitative estimate of drug-likeness (QED) is 0.857. The van der Waals surface area contributed by atoms with Gasteiger partial charge in [-0.3, -0.25) is 4.90 Å². The summed E-state index contributed by atoms with van der Waals surface area (Å²) < 4.78 is 13.2. The van der Waals surface area contributed by atoms with E-state index in [9.17, 15) is 14.6 Å². The van der Waals surface area contributed by atoms with Crippen molar-refractivity contribution in [1.82, 2.24) is 4.90 Å². The van der Waals surface area contributed by atoms with Gasteiger partial charge in [0.25, 0.3) is 0 Å². The van der Waals surface area contributed by atoms with E-state index in [1.807, 2.05) is 13.0 Å². The van der Waals surface area contributed by atoms with Crippen LogP contribution >= 0.6 is 0 Å². The average molecular weight is 253 g/mol. The smallest absolute Gasteiger partial charge is 0.126 e. The topological polar surface area (TPSA) is 43.7 Å². The van der Waals surface area contributed by atoms with Crippen molar-refractivity contribution in [2.45, 2.75) is 38.5 Å². The Balaban J connectivity index is 2.15. The summed E-state index contributed by atoms with van der Waals surface area (Å²) in [6.07, 6.45) is 0.174. The number of aliphatic hydroxyl groups excluding tert-OH is 2. The Bertz CT molecular complexity index is 438. The molecule has 1 fully saturated rings. The normalized spacial score (nSPS) is 28.8. The van der Waals surface area contributed by atoms with Gasteiger partial charge in [0.05, 0.1) is 12.7 Å². The molecule has 1 aliphatic rings. The van der Waals surface area contributed by atoms with Crippen LogP contribution in [0, 0.1) is 12.7 Å². The summed E-state index contributed by atoms with van der Waals surface area (Å²) in [5.41, 5.74) is 1.24. The van der Waals surface area contributed by atoms with Gasteiger partial charge in [-0.25, -0.2) is 4.39 Å². The van der Waals surface area contributed by atoms with Gasteiger partial charge in [0.2, 0.25) is 0 Å². The monoisotopic (exact) mass is 253 g/mol. The second kappa shape index (κ2) is 4.96. The van der Waals surface area contributed by atoms with Crippen molar-refractivity contribution >= 4 is 0 Å². The fourth-order valence-corrected chi connectivity index (χ4v) is 2.62. The highest BCUT2D eigenvalue weighted by atomic mass is 19.1. The molecule has 100 valence electrons. The van der Waals surface area contributed by atoms with Crippen molar-refractivity contribution in [3.63, 3.8) is 0 Å². The Labute approximate surface area is 107 Å². The molecule has 2 rings (SSSR count). The molecule has 18 heavy (non-hydrogen) atoms. The minimum absolute atomic E-state index is 0.0181. The first-order valence-corrected chi connectivity index (χ1v) is 6.23. The Morgan fingerprint density at radius 3 is 2.83 bits per heavy atom. The number of likely N-dealkylation sites (tertiary alicyclic amines) is 1. The van der Waals surface area contributed by atoms with Crippen LogP contribution in [0.15, 0.2) is 18.2 Å². The molecule has 0 amide bonds. The summed E-state index contributed by atoms with van der Waals surface area (Å²) in [5, 5.41) is 19.2. The third-order valence-electron chi connectivity index (χ3n) is 3.81. The number of halogens is 1. The highest BCUT2D eigenvalue weighted by Crippen LogP contribution is 2.30. The Morgan fingerprint density at radius 1 is 1.50 bits per heavy atom. The maximum Gasteiger partial charge on any atom is 0.126 e. The molecule has 1 saturated heterocycles. The number of β-amino-alcohol motifs (C(OH)–C–C–N with tert-alkyl or cyclic N) is 1. The molecule has 1 aromatic rings. The lowest BCUT2D eigenvalue weighted by atomic mass is 9.99. The minimum atomic E-state index is -0.399. The van der Waals surface area contributed by atoms with Crippen molar-refractivity contribution in [2.75, 3.05) is 13.2 Å². The summed E-state index contributed by atoms with van der Waals surface area (Å²) in [5.74, 6) is -0.204. The van der Waals surface area contributed by atoms with Crippen molar-refractivity contribution in [2.24, 2.45) is 0 Å². The molecule has 0 radical (unpaired) electrons. The number of hydrogen-bond acceptors (Lipinski definition) is 3. The van der Waals surface area contributed by atoms with Crippen LogP contribution < -0.4 is 0 Å². The van der Waals surface area contributed by atoms with Crippen molar-refractivity contribution in [1.29, 1.82) is 0 Å². The molecule has 0 aromatic heterocycles. The van der Waals surface area contributed by atoms with Crippen LogP contribution in [-0.4, -0.2) is 39.9 Å². The van der Waals surface area contributed by atoms with Crippen LogP contribution in [0.4, 0.5) is 4.39 Å². The first-order chi connectivity index (χ1) is 8.44. The highest BCUT2D eigenvalue weighted by molar-refractivity contribution is 5.24. The summed E-state index contributed by atoms with van der Waals surface area (Å²) >= 11 is 0. The Kier molecular flexibility index (Phi) is 3.71. The van der Waals surface area contributed by atoms with Gasteiger partial charge in [-0.15, -0.1) is 0 Å². The fraction of sp³-hybridized carbons (Fsp3) is 0.571. The summed E-state index contributed by atoms with van der Waals surface area (Å²) in [7, 11) is 0. The van der Waals surface area contributed by atoms with Gasteiger partial charge in [0.15, 0.2) is 0 Å². The number of hydrogen-bond donors (Lipinski definition) is 2. The molecule has 0 aliphatic carbocycles. The van der Waals surface area contributed by atoms with Crippen molar-refractivity contribution < 1.29 is 14.6 Å². The molecule has 2 atom stereocenters. The van der Waals surface area contributed by atoms with E-state index < -0.39 is 6.10 Å². The lowest BCUT2D eigenvalue weighted by Crippen LogP contribution is -2.43. The van der Waals surface area contributed by atoms with E-state index in [-0.39, 0.29) is 18.0 Å². The number of aliphatic hydroxyl groups is 2. The maximum atomic E-state index is 13.2. The predicted molar refractivity (Wildman–Crippen MR) is 67.7 cm³/mol. The lowest BCUT2D eigenvalue weighted by Gasteiger charge is -2.33. The van der Waals surface area contributed by atoms with E-state index in [4.69, 9.17) is 0 Å². The third kappa shape index (κ3) is 2.55. The molecule has 4 heteroatoms. The molecule has 0 spiro atoms. The molecule has 1 aliphatic heterocycles.